The highest BCUT2D eigenvalue weighted by Gasteiger charge is 2.32. The summed E-state index contributed by atoms with van der Waals surface area (Å²) < 4.78 is 5.82. The molecule has 188 valence electrons. The van der Waals surface area contributed by atoms with Crippen LogP contribution in [0.3, 0.4) is 0 Å². The number of hydrogen-bond acceptors (Lipinski definition) is 6. The summed E-state index contributed by atoms with van der Waals surface area (Å²) in [7, 11) is 2.73. The third kappa shape index (κ3) is 6.93. The molecule has 0 aliphatic carbocycles. The number of aliphatic hydroxyl groups is 1. The highest BCUT2D eigenvalue weighted by molar-refractivity contribution is 6.10. The number of likely N-dealkylation sites (N-methyl/N-ethyl adjacent to an activating group) is 2. The van der Waals surface area contributed by atoms with Gasteiger partial charge in [0.1, 0.15) is 12.4 Å². The van der Waals surface area contributed by atoms with Crippen molar-refractivity contribution >= 4 is 23.3 Å². The Balaban J connectivity index is 1.54. The van der Waals surface area contributed by atoms with Gasteiger partial charge in [0.2, 0.25) is 5.91 Å². The van der Waals surface area contributed by atoms with Crippen LogP contribution in [0.2, 0.25) is 0 Å². The first-order valence-corrected chi connectivity index (χ1v) is 11.7. The Labute approximate surface area is 210 Å². The van der Waals surface area contributed by atoms with Gasteiger partial charge >= 0.3 is 0 Å². The standard InChI is InChI=1S/C28H31N3O5/c1-29-27(34)26(25(33)19-32)31(2)28(35)22-11-9-20(10-12-22)21-13-15-24(16-14-21)36-18-6-17-30-23-7-4-3-5-8-23/h3-5,7-16,26,30,32H,6,17-19H2,1-2H3,(H,29,34). The molecule has 0 aromatic heterocycles. The van der Waals surface area contributed by atoms with E-state index < -0.39 is 30.2 Å². The van der Waals surface area contributed by atoms with E-state index in [0.717, 1.165) is 40.4 Å². The van der Waals surface area contributed by atoms with Crippen LogP contribution in [0.25, 0.3) is 11.1 Å². The molecule has 3 aromatic rings. The summed E-state index contributed by atoms with van der Waals surface area (Å²) in [6.07, 6.45) is 0.866. The smallest absolute Gasteiger partial charge is 0.254 e. The summed E-state index contributed by atoms with van der Waals surface area (Å²) in [5.41, 5.74) is 3.28. The molecule has 2 amide bonds. The minimum Gasteiger partial charge on any atom is -0.494 e. The van der Waals surface area contributed by atoms with Crippen molar-refractivity contribution in [2.45, 2.75) is 12.5 Å². The molecule has 0 spiro atoms. The van der Waals surface area contributed by atoms with Gasteiger partial charge in [0.15, 0.2) is 11.8 Å². The SMILES string of the molecule is CNC(=O)C(C(=O)CO)N(C)C(=O)c1ccc(-c2ccc(OCCCNc3ccccc3)cc2)cc1. The van der Waals surface area contributed by atoms with Gasteiger partial charge in [0, 0.05) is 31.9 Å². The number of carbonyl (C=O) groups excluding carboxylic acids is 3. The van der Waals surface area contributed by atoms with Crippen molar-refractivity contribution in [3.63, 3.8) is 0 Å². The molecule has 0 aliphatic rings. The van der Waals surface area contributed by atoms with E-state index in [1.807, 2.05) is 54.6 Å². The maximum absolute atomic E-state index is 12.8. The lowest BCUT2D eigenvalue weighted by atomic mass is 10.0. The van der Waals surface area contributed by atoms with E-state index in [2.05, 4.69) is 10.6 Å². The number of hydrogen-bond donors (Lipinski definition) is 3. The summed E-state index contributed by atoms with van der Waals surface area (Å²) >= 11 is 0. The molecule has 1 atom stereocenters. The van der Waals surface area contributed by atoms with Crippen molar-refractivity contribution in [1.82, 2.24) is 10.2 Å². The predicted molar refractivity (Wildman–Crippen MR) is 139 cm³/mol. The van der Waals surface area contributed by atoms with Gasteiger partial charge in [-0.15, -0.1) is 0 Å². The second kappa shape index (κ2) is 13.1. The van der Waals surface area contributed by atoms with Gasteiger partial charge in [-0.2, -0.15) is 0 Å². The zero-order valence-electron chi connectivity index (χ0n) is 20.4. The summed E-state index contributed by atoms with van der Waals surface area (Å²) in [6.45, 7) is 0.582. The highest BCUT2D eigenvalue weighted by atomic mass is 16.5. The second-order valence-electron chi connectivity index (χ2n) is 8.15. The number of Topliss-reactive ketones (excluding diaryl/α,β-unsaturated/α-hetero) is 1. The van der Waals surface area contributed by atoms with Crippen molar-refractivity contribution in [2.24, 2.45) is 0 Å². The van der Waals surface area contributed by atoms with Crippen LogP contribution in [-0.2, 0) is 9.59 Å². The molecule has 0 saturated carbocycles. The lowest BCUT2D eigenvalue weighted by molar-refractivity contribution is -0.135. The number of nitrogens with one attached hydrogen (secondary N) is 2. The van der Waals surface area contributed by atoms with E-state index in [-0.39, 0.29) is 0 Å². The van der Waals surface area contributed by atoms with Crippen LogP contribution in [0.5, 0.6) is 5.75 Å². The number of ketones is 1. The first-order chi connectivity index (χ1) is 17.4. The maximum Gasteiger partial charge on any atom is 0.254 e. The largest absolute Gasteiger partial charge is 0.494 e. The Morgan fingerprint density at radius 1 is 0.917 bits per heavy atom. The Bertz CT molecular complexity index is 1130. The summed E-state index contributed by atoms with van der Waals surface area (Å²) in [4.78, 5) is 37.9. The number of amides is 2. The number of anilines is 1. The first kappa shape index (κ1) is 26.4. The molecule has 3 rings (SSSR count). The van der Waals surface area contributed by atoms with E-state index in [9.17, 15) is 14.4 Å². The quantitative estimate of drug-likeness (QED) is 0.267. The van der Waals surface area contributed by atoms with Gasteiger partial charge in [-0.05, 0) is 53.9 Å². The van der Waals surface area contributed by atoms with E-state index in [0.29, 0.717) is 12.2 Å². The fraction of sp³-hybridized carbons (Fsp3) is 0.250. The van der Waals surface area contributed by atoms with Gasteiger partial charge < -0.3 is 25.4 Å². The molecular formula is C28H31N3O5. The lowest BCUT2D eigenvalue weighted by Crippen LogP contribution is -2.52. The molecule has 8 nitrogen and oxygen atoms in total. The van der Waals surface area contributed by atoms with E-state index in [4.69, 9.17) is 9.84 Å². The molecular weight excluding hydrogens is 458 g/mol. The number of para-hydroxylation sites is 1. The van der Waals surface area contributed by atoms with Gasteiger partial charge in [-0.25, -0.2) is 0 Å². The first-order valence-electron chi connectivity index (χ1n) is 11.7. The van der Waals surface area contributed by atoms with Gasteiger partial charge in [-0.3, -0.25) is 14.4 Å². The van der Waals surface area contributed by atoms with Crippen molar-refractivity contribution in [1.29, 1.82) is 0 Å². The molecule has 0 bridgehead atoms. The Morgan fingerprint density at radius 3 is 2.11 bits per heavy atom. The topological polar surface area (TPSA) is 108 Å². The predicted octanol–water partition coefficient (Wildman–Crippen LogP) is 2.98. The average Bonchev–Trinajstić information content (AvgIpc) is 2.93. The van der Waals surface area contributed by atoms with Crippen molar-refractivity contribution in [2.75, 3.05) is 39.2 Å². The van der Waals surface area contributed by atoms with Gasteiger partial charge in [0.05, 0.1) is 6.61 Å². The third-order valence-corrected chi connectivity index (χ3v) is 5.68. The van der Waals surface area contributed by atoms with Crippen molar-refractivity contribution in [3.05, 3.63) is 84.4 Å². The van der Waals surface area contributed by atoms with Crippen LogP contribution in [0.4, 0.5) is 5.69 Å². The lowest BCUT2D eigenvalue weighted by Gasteiger charge is -2.25. The average molecular weight is 490 g/mol. The molecule has 0 radical (unpaired) electrons. The monoisotopic (exact) mass is 489 g/mol. The zero-order chi connectivity index (χ0) is 25.9. The third-order valence-electron chi connectivity index (χ3n) is 5.68. The molecule has 0 aliphatic heterocycles. The van der Waals surface area contributed by atoms with Crippen LogP contribution in [-0.4, -0.2) is 67.5 Å². The van der Waals surface area contributed by atoms with Crippen LogP contribution in [0, 0.1) is 0 Å². The number of aliphatic hydroxyl groups excluding tert-OH is 1. The van der Waals surface area contributed by atoms with E-state index in [1.54, 1.807) is 24.3 Å². The maximum atomic E-state index is 12.8. The summed E-state index contributed by atoms with van der Waals surface area (Å²) in [6, 6.07) is 23.2. The fourth-order valence-corrected chi connectivity index (χ4v) is 3.68. The number of benzene rings is 3. The number of carbonyl (C=O) groups is 3. The molecule has 8 heteroatoms. The molecule has 0 heterocycles. The normalized spacial score (nSPS) is 11.3. The summed E-state index contributed by atoms with van der Waals surface area (Å²) in [5, 5.41) is 14.9. The molecule has 36 heavy (non-hydrogen) atoms. The Morgan fingerprint density at radius 2 is 1.53 bits per heavy atom. The summed E-state index contributed by atoms with van der Waals surface area (Å²) in [5.74, 6) is -1.13. The highest BCUT2D eigenvalue weighted by Crippen LogP contribution is 2.23. The minimum atomic E-state index is -1.39. The van der Waals surface area contributed by atoms with Gasteiger partial charge in [0.25, 0.3) is 5.91 Å². The number of ether oxygens (including phenoxy) is 1. The van der Waals surface area contributed by atoms with Crippen molar-refractivity contribution < 1.29 is 24.2 Å². The van der Waals surface area contributed by atoms with Crippen LogP contribution in [0.15, 0.2) is 78.9 Å². The fourth-order valence-electron chi connectivity index (χ4n) is 3.68. The van der Waals surface area contributed by atoms with Crippen LogP contribution < -0.4 is 15.4 Å². The van der Waals surface area contributed by atoms with Gasteiger partial charge in [-0.1, -0.05) is 42.5 Å². The second-order valence-corrected chi connectivity index (χ2v) is 8.15. The number of nitrogens with zero attached hydrogens (tertiary/aromatic N) is 1. The van der Waals surface area contributed by atoms with Crippen LogP contribution >= 0.6 is 0 Å². The molecule has 0 fully saturated rings. The van der Waals surface area contributed by atoms with E-state index in [1.165, 1.54) is 14.1 Å². The molecule has 3 aromatic carbocycles. The zero-order valence-corrected chi connectivity index (χ0v) is 20.4. The Hall–Kier alpha value is -4.17. The van der Waals surface area contributed by atoms with Crippen LogP contribution in [0.1, 0.15) is 16.8 Å². The Kier molecular flexibility index (Phi) is 9.59. The minimum absolute atomic E-state index is 0.324. The number of rotatable bonds is 12. The molecule has 3 N–H and O–H groups in total. The van der Waals surface area contributed by atoms with E-state index >= 15 is 0 Å². The molecule has 1 unspecified atom stereocenters. The van der Waals surface area contributed by atoms with Crippen molar-refractivity contribution in [3.8, 4) is 16.9 Å². The molecule has 0 saturated heterocycles.